The molecule has 1 atom stereocenters. The van der Waals surface area contributed by atoms with E-state index in [1.54, 1.807) is 24.3 Å². The van der Waals surface area contributed by atoms with Crippen LogP contribution in [0.4, 0.5) is 5.69 Å². The number of carbonyl (C=O) groups is 2. The Hall–Kier alpha value is -2.86. The lowest BCUT2D eigenvalue weighted by molar-refractivity contribution is -0.116. The molecule has 2 aromatic carbocycles. The molecule has 6 nitrogen and oxygen atoms in total. The summed E-state index contributed by atoms with van der Waals surface area (Å²) in [5.41, 5.74) is 2.52. The number of nitrogens with one attached hydrogen (secondary N) is 1. The van der Waals surface area contributed by atoms with Crippen molar-refractivity contribution in [2.24, 2.45) is 0 Å². The molecule has 0 radical (unpaired) electrons. The molecule has 28 heavy (non-hydrogen) atoms. The predicted molar refractivity (Wildman–Crippen MR) is 106 cm³/mol. The Morgan fingerprint density at radius 1 is 1.25 bits per heavy atom. The molecule has 0 spiro atoms. The molecule has 1 unspecified atom stereocenters. The van der Waals surface area contributed by atoms with E-state index in [2.05, 4.69) is 5.32 Å². The van der Waals surface area contributed by atoms with Crippen LogP contribution in [0.1, 0.15) is 40.7 Å². The fraction of sp³-hybridized carbons (Fsp3) is 0.364. The van der Waals surface area contributed by atoms with Crippen LogP contribution in [0.3, 0.4) is 0 Å². The molecule has 1 fully saturated rings. The van der Waals surface area contributed by atoms with Crippen LogP contribution in [0, 0.1) is 6.92 Å². The van der Waals surface area contributed by atoms with E-state index in [0.717, 1.165) is 25.0 Å². The summed E-state index contributed by atoms with van der Waals surface area (Å²) >= 11 is 0. The van der Waals surface area contributed by atoms with Crippen molar-refractivity contribution >= 4 is 17.6 Å². The van der Waals surface area contributed by atoms with Gasteiger partial charge < -0.3 is 19.9 Å². The van der Waals surface area contributed by atoms with Gasteiger partial charge in [0.1, 0.15) is 12.4 Å². The number of ether oxygens (including phenoxy) is 2. The molecule has 0 aromatic heterocycles. The first-order valence-corrected chi connectivity index (χ1v) is 9.49. The first-order valence-electron chi connectivity index (χ1n) is 9.49. The van der Waals surface area contributed by atoms with Crippen LogP contribution in [0.25, 0.3) is 0 Å². The van der Waals surface area contributed by atoms with Gasteiger partial charge in [-0.15, -0.1) is 0 Å². The van der Waals surface area contributed by atoms with Crippen molar-refractivity contribution in [1.82, 2.24) is 0 Å². The summed E-state index contributed by atoms with van der Waals surface area (Å²) in [5.74, 6) is -0.555. The maximum Gasteiger partial charge on any atom is 0.335 e. The highest BCUT2D eigenvalue weighted by Crippen LogP contribution is 2.27. The molecule has 1 aliphatic heterocycles. The summed E-state index contributed by atoms with van der Waals surface area (Å²) in [5, 5.41) is 12.1. The van der Waals surface area contributed by atoms with Crippen LogP contribution in [0.5, 0.6) is 5.75 Å². The van der Waals surface area contributed by atoms with Gasteiger partial charge in [-0.1, -0.05) is 24.3 Å². The summed E-state index contributed by atoms with van der Waals surface area (Å²) in [4.78, 5) is 23.7. The lowest BCUT2D eigenvalue weighted by Gasteiger charge is -2.16. The number of carbonyl (C=O) groups excluding carboxylic acids is 1. The average molecular weight is 383 g/mol. The van der Waals surface area contributed by atoms with Crippen molar-refractivity contribution in [1.29, 1.82) is 0 Å². The maximum absolute atomic E-state index is 12.4. The van der Waals surface area contributed by atoms with Crippen LogP contribution in [0.15, 0.2) is 42.5 Å². The molecule has 1 amide bonds. The van der Waals surface area contributed by atoms with E-state index in [1.165, 1.54) is 0 Å². The molecule has 0 aliphatic carbocycles. The minimum absolute atomic E-state index is 0.0941. The van der Waals surface area contributed by atoms with Gasteiger partial charge in [0.25, 0.3) is 0 Å². The molecule has 1 aliphatic rings. The second-order valence-corrected chi connectivity index (χ2v) is 6.96. The Kier molecular flexibility index (Phi) is 6.66. The molecular weight excluding hydrogens is 358 g/mol. The van der Waals surface area contributed by atoms with Crippen LogP contribution < -0.4 is 10.1 Å². The number of aryl methyl sites for hydroxylation is 2. The van der Waals surface area contributed by atoms with Crippen LogP contribution >= 0.6 is 0 Å². The highest BCUT2D eigenvalue weighted by molar-refractivity contribution is 5.93. The van der Waals surface area contributed by atoms with Crippen LogP contribution in [0.2, 0.25) is 0 Å². The average Bonchev–Trinajstić information content (AvgIpc) is 3.20. The van der Waals surface area contributed by atoms with Gasteiger partial charge in [-0.2, -0.15) is 0 Å². The summed E-state index contributed by atoms with van der Waals surface area (Å²) in [6, 6.07) is 12.4. The van der Waals surface area contributed by atoms with E-state index >= 15 is 0 Å². The lowest BCUT2D eigenvalue weighted by atomic mass is 10.0. The van der Waals surface area contributed by atoms with E-state index in [9.17, 15) is 14.7 Å². The molecule has 1 saturated heterocycles. The quantitative estimate of drug-likeness (QED) is 0.724. The summed E-state index contributed by atoms with van der Waals surface area (Å²) in [6.45, 7) is 3.19. The van der Waals surface area contributed by atoms with E-state index < -0.39 is 5.97 Å². The lowest BCUT2D eigenvalue weighted by Crippen LogP contribution is -2.18. The topological polar surface area (TPSA) is 84.9 Å². The van der Waals surface area contributed by atoms with Crippen molar-refractivity contribution < 1.29 is 24.2 Å². The molecule has 2 aromatic rings. The Labute approximate surface area is 164 Å². The van der Waals surface area contributed by atoms with E-state index in [4.69, 9.17) is 9.47 Å². The maximum atomic E-state index is 12.4. The SMILES string of the molecule is Cc1ccc(NC(=O)CCc2ccccc2C(=O)O)c(OCC2CCCO2)c1. The number of hydrogen-bond acceptors (Lipinski definition) is 4. The highest BCUT2D eigenvalue weighted by Gasteiger charge is 2.17. The normalized spacial score (nSPS) is 16.0. The summed E-state index contributed by atoms with van der Waals surface area (Å²) in [6.07, 6.45) is 2.66. The number of anilines is 1. The molecule has 3 rings (SSSR count). The number of carboxylic acid groups (broad SMARTS) is 1. The monoisotopic (exact) mass is 383 g/mol. The number of benzene rings is 2. The molecule has 1 heterocycles. The zero-order chi connectivity index (χ0) is 19.9. The Balaban J connectivity index is 1.61. The van der Waals surface area contributed by atoms with Crippen molar-refractivity contribution in [3.8, 4) is 5.75 Å². The first kappa shape index (κ1) is 19.9. The van der Waals surface area contributed by atoms with E-state index in [0.29, 0.717) is 30.0 Å². The van der Waals surface area contributed by atoms with Gasteiger partial charge in [-0.25, -0.2) is 4.79 Å². The predicted octanol–water partition coefficient (Wildman–Crippen LogP) is 3.82. The Bertz CT molecular complexity index is 843. The van der Waals surface area contributed by atoms with Gasteiger partial charge >= 0.3 is 5.97 Å². The molecule has 148 valence electrons. The molecule has 2 N–H and O–H groups in total. The zero-order valence-corrected chi connectivity index (χ0v) is 15.9. The summed E-state index contributed by atoms with van der Waals surface area (Å²) < 4.78 is 11.5. The fourth-order valence-electron chi connectivity index (χ4n) is 3.22. The second kappa shape index (κ2) is 9.37. The van der Waals surface area contributed by atoms with Crippen LogP contribution in [-0.2, 0) is 16.0 Å². The van der Waals surface area contributed by atoms with Crippen molar-refractivity contribution in [2.45, 2.75) is 38.7 Å². The molecule has 6 heteroatoms. The van der Waals surface area contributed by atoms with Crippen molar-refractivity contribution in [2.75, 3.05) is 18.5 Å². The van der Waals surface area contributed by atoms with Gasteiger partial charge in [-0.3, -0.25) is 4.79 Å². The number of hydrogen-bond donors (Lipinski definition) is 2. The van der Waals surface area contributed by atoms with Gasteiger partial charge in [0.15, 0.2) is 0 Å². The standard InChI is InChI=1S/C22H25NO5/c1-15-8-10-19(20(13-15)28-14-17-6-4-12-27-17)23-21(24)11-9-16-5-2-3-7-18(16)22(25)26/h2-3,5,7-8,10,13,17H,4,6,9,11-12,14H2,1H3,(H,23,24)(H,25,26). The fourth-order valence-corrected chi connectivity index (χ4v) is 3.22. The minimum atomic E-state index is -0.987. The number of amides is 1. The Morgan fingerprint density at radius 2 is 2.07 bits per heavy atom. The minimum Gasteiger partial charge on any atom is -0.489 e. The van der Waals surface area contributed by atoms with Gasteiger partial charge in [0.05, 0.1) is 17.4 Å². The third-order valence-electron chi connectivity index (χ3n) is 4.73. The number of aromatic carboxylic acids is 1. The molecular formula is C22H25NO5. The number of carboxylic acids is 1. The van der Waals surface area contributed by atoms with E-state index in [-0.39, 0.29) is 24.0 Å². The first-order chi connectivity index (χ1) is 13.5. The molecule has 0 bridgehead atoms. The molecule has 0 saturated carbocycles. The van der Waals surface area contributed by atoms with E-state index in [1.807, 2.05) is 25.1 Å². The van der Waals surface area contributed by atoms with Gasteiger partial charge in [0.2, 0.25) is 5.91 Å². The second-order valence-electron chi connectivity index (χ2n) is 6.96. The third kappa shape index (κ3) is 5.33. The zero-order valence-electron chi connectivity index (χ0n) is 15.9. The number of rotatable bonds is 8. The summed E-state index contributed by atoms with van der Waals surface area (Å²) in [7, 11) is 0. The van der Waals surface area contributed by atoms with Crippen LogP contribution in [-0.4, -0.2) is 36.3 Å². The highest BCUT2D eigenvalue weighted by atomic mass is 16.5. The van der Waals surface area contributed by atoms with Crippen molar-refractivity contribution in [3.63, 3.8) is 0 Å². The smallest absolute Gasteiger partial charge is 0.335 e. The largest absolute Gasteiger partial charge is 0.489 e. The van der Waals surface area contributed by atoms with Crippen molar-refractivity contribution in [3.05, 3.63) is 59.2 Å². The Morgan fingerprint density at radius 3 is 2.82 bits per heavy atom. The van der Waals surface area contributed by atoms with Gasteiger partial charge in [0, 0.05) is 13.0 Å². The third-order valence-corrected chi connectivity index (χ3v) is 4.73. The van der Waals surface area contributed by atoms with Gasteiger partial charge in [-0.05, 0) is 55.5 Å².